The number of Topliss-reactive ketones (excluding diaryl/α,β-unsaturated/α-hetero) is 1. The molecule has 0 amide bonds. The quantitative estimate of drug-likeness (QED) is 0.0444. The predicted molar refractivity (Wildman–Crippen MR) is 219 cm³/mol. The molecule has 0 spiro atoms. The zero-order valence-corrected chi connectivity index (χ0v) is 34.5. The summed E-state index contributed by atoms with van der Waals surface area (Å²) in [4.78, 5) is 30.1. The zero-order chi connectivity index (χ0) is 39.3. The standard InChI is InChI=1S/C27H42O2.C9H18O.C7H16.C2H4O2/c1-8-11-15-26(10-3)16-12-14-22(4)17-18-23(5)27(13-9-2)19-24(6)25(7)20-29-21-28;1-4-5-6-7-8(2)9(3)10;1-4-6-7(3)5-2;1-2(3)4/h8-11,15,19,21-22,25,27H,1-2,5,12-14,16-18,20H2,3-4,6-7H3;8H,4-7H2,1-3H3;7H,4-6H2,1-3H3;1H3,(H,3,4)/b15-11-,24-19+,26-10+;;;/t22-,25?,27?;;;/m0.../s1. The van der Waals surface area contributed by atoms with Crippen LogP contribution in [0.5, 0.6) is 0 Å². The topological polar surface area (TPSA) is 80.7 Å². The van der Waals surface area contributed by atoms with E-state index in [1.165, 1.54) is 68.1 Å². The van der Waals surface area contributed by atoms with Crippen molar-refractivity contribution < 1.29 is 24.2 Å². The molecule has 0 saturated heterocycles. The molecule has 0 aromatic rings. The third-order valence-corrected chi connectivity index (χ3v) is 8.95. The molecular formula is C45H80O5. The number of unbranched alkanes of at least 4 members (excludes halogenated alkanes) is 2. The summed E-state index contributed by atoms with van der Waals surface area (Å²) in [7, 11) is 0. The molecule has 0 bridgehead atoms. The Balaban J connectivity index is -0.000000406. The molecule has 0 heterocycles. The van der Waals surface area contributed by atoms with Crippen molar-refractivity contribution in [3.8, 4) is 0 Å². The Morgan fingerprint density at radius 2 is 1.44 bits per heavy atom. The van der Waals surface area contributed by atoms with Crippen LogP contribution < -0.4 is 0 Å². The average Bonchev–Trinajstić information content (AvgIpc) is 3.07. The molecule has 0 rings (SSSR count). The Morgan fingerprint density at radius 3 is 1.88 bits per heavy atom. The minimum absolute atomic E-state index is 0.218. The van der Waals surface area contributed by atoms with Crippen molar-refractivity contribution in [1.82, 2.24) is 0 Å². The van der Waals surface area contributed by atoms with Crippen molar-refractivity contribution in [2.24, 2.45) is 29.6 Å². The molecule has 4 unspecified atom stereocenters. The molecule has 5 heteroatoms. The molecule has 5 atom stereocenters. The lowest BCUT2D eigenvalue weighted by Gasteiger charge is -2.20. The molecule has 0 aliphatic carbocycles. The third kappa shape index (κ3) is 39.5. The fourth-order valence-corrected chi connectivity index (χ4v) is 4.86. The van der Waals surface area contributed by atoms with Gasteiger partial charge in [-0.25, -0.2) is 0 Å². The minimum Gasteiger partial charge on any atom is -0.481 e. The van der Waals surface area contributed by atoms with Gasteiger partial charge in [0.05, 0.1) is 6.61 Å². The molecule has 0 aliphatic heterocycles. The Labute approximate surface area is 310 Å². The van der Waals surface area contributed by atoms with Crippen LogP contribution in [-0.4, -0.2) is 29.9 Å². The first kappa shape index (κ1) is 53.8. The molecule has 0 aliphatic rings. The number of ketones is 1. The number of ether oxygens (including phenoxy) is 1. The Kier molecular flexibility index (Phi) is 41.8. The first-order valence-corrected chi connectivity index (χ1v) is 19.3. The second-order valence-corrected chi connectivity index (χ2v) is 13.9. The SMILES string of the molecule is C=C/C=C\C(=C/C)CCC[C@H](C)CCC(=C)C(/C=C(\C)C(C)COC=O)CC=C.CC(=O)O.CCCC(C)CC.CCCCCC(C)C(C)=O. The first-order valence-electron chi connectivity index (χ1n) is 19.3. The smallest absolute Gasteiger partial charge is 0.300 e. The Bertz CT molecular complexity index is 966. The van der Waals surface area contributed by atoms with E-state index in [9.17, 15) is 9.59 Å². The number of hydrogen-bond donors (Lipinski definition) is 1. The highest BCUT2D eigenvalue weighted by Crippen LogP contribution is 2.27. The third-order valence-electron chi connectivity index (χ3n) is 8.95. The maximum absolute atomic E-state index is 10.7. The van der Waals surface area contributed by atoms with E-state index in [4.69, 9.17) is 14.6 Å². The van der Waals surface area contributed by atoms with E-state index in [-0.39, 0.29) is 11.8 Å². The van der Waals surface area contributed by atoms with E-state index in [0.717, 1.165) is 44.9 Å². The van der Waals surface area contributed by atoms with E-state index in [0.29, 0.717) is 30.7 Å². The molecule has 0 aromatic carbocycles. The molecular weight excluding hydrogens is 620 g/mol. The molecule has 1 N–H and O–H groups in total. The van der Waals surface area contributed by atoms with Crippen molar-refractivity contribution >= 4 is 18.2 Å². The molecule has 5 nitrogen and oxygen atoms in total. The molecule has 0 saturated carbocycles. The maximum atomic E-state index is 10.7. The van der Waals surface area contributed by atoms with Crippen LogP contribution in [0.4, 0.5) is 0 Å². The van der Waals surface area contributed by atoms with Crippen LogP contribution in [0, 0.1) is 29.6 Å². The fourth-order valence-electron chi connectivity index (χ4n) is 4.86. The monoisotopic (exact) mass is 701 g/mol. The summed E-state index contributed by atoms with van der Waals surface area (Å²) < 4.78 is 4.90. The van der Waals surface area contributed by atoms with Gasteiger partial charge < -0.3 is 9.84 Å². The molecule has 0 aromatic heterocycles. The highest BCUT2D eigenvalue weighted by molar-refractivity contribution is 5.77. The number of carbonyl (C=O) groups is 3. The van der Waals surface area contributed by atoms with Gasteiger partial charge in [-0.05, 0) is 71.1 Å². The summed E-state index contributed by atoms with van der Waals surface area (Å²) in [5.74, 6) is 1.93. The number of carboxylic acid groups (broad SMARTS) is 1. The van der Waals surface area contributed by atoms with Gasteiger partial charge in [0, 0.05) is 24.7 Å². The van der Waals surface area contributed by atoms with Gasteiger partial charge >= 0.3 is 0 Å². The number of allylic oxidation sites excluding steroid dienone is 8. The second kappa shape index (κ2) is 38.8. The van der Waals surface area contributed by atoms with E-state index in [1.54, 1.807) is 6.92 Å². The van der Waals surface area contributed by atoms with Crippen molar-refractivity contribution in [3.05, 3.63) is 72.9 Å². The highest BCUT2D eigenvalue weighted by Gasteiger charge is 2.13. The number of rotatable bonds is 25. The van der Waals surface area contributed by atoms with Crippen molar-refractivity contribution in [3.63, 3.8) is 0 Å². The van der Waals surface area contributed by atoms with E-state index in [1.807, 2.05) is 25.2 Å². The number of hydrogen-bond acceptors (Lipinski definition) is 4. The van der Waals surface area contributed by atoms with Gasteiger partial charge in [0.25, 0.3) is 12.4 Å². The van der Waals surface area contributed by atoms with E-state index in [2.05, 4.69) is 93.4 Å². The van der Waals surface area contributed by atoms with Gasteiger partial charge in [-0.15, -0.1) is 6.58 Å². The van der Waals surface area contributed by atoms with Crippen LogP contribution in [0.1, 0.15) is 160 Å². The average molecular weight is 701 g/mol. The number of aliphatic carboxylic acids is 1. The summed E-state index contributed by atoms with van der Waals surface area (Å²) in [6.07, 6.45) is 27.9. The van der Waals surface area contributed by atoms with Crippen LogP contribution in [0.2, 0.25) is 0 Å². The first-order chi connectivity index (χ1) is 23.6. The Hall–Kier alpha value is -2.95. The van der Waals surface area contributed by atoms with Crippen molar-refractivity contribution in [2.45, 2.75) is 160 Å². The van der Waals surface area contributed by atoms with E-state index >= 15 is 0 Å². The van der Waals surface area contributed by atoms with Gasteiger partial charge in [-0.1, -0.05) is 160 Å². The largest absolute Gasteiger partial charge is 0.481 e. The summed E-state index contributed by atoms with van der Waals surface area (Å²) in [6.45, 7) is 35.3. The molecule has 50 heavy (non-hydrogen) atoms. The van der Waals surface area contributed by atoms with Crippen LogP contribution in [0.15, 0.2) is 72.9 Å². The summed E-state index contributed by atoms with van der Waals surface area (Å²) in [6, 6.07) is 0. The fraction of sp³-hybridized carbons (Fsp3) is 0.667. The molecule has 0 fully saturated rings. The normalized spacial score (nSPS) is 14.1. The maximum Gasteiger partial charge on any atom is 0.300 e. The van der Waals surface area contributed by atoms with E-state index < -0.39 is 5.97 Å². The Morgan fingerprint density at radius 1 is 0.820 bits per heavy atom. The number of carbonyl (C=O) groups excluding carboxylic acids is 2. The van der Waals surface area contributed by atoms with Gasteiger partial charge in [-0.2, -0.15) is 0 Å². The highest BCUT2D eigenvalue weighted by atomic mass is 16.5. The molecule has 0 radical (unpaired) electrons. The van der Waals surface area contributed by atoms with Crippen molar-refractivity contribution in [2.75, 3.05) is 6.61 Å². The van der Waals surface area contributed by atoms with Crippen molar-refractivity contribution in [1.29, 1.82) is 0 Å². The number of carboxylic acids is 1. The van der Waals surface area contributed by atoms with Gasteiger partial charge in [-0.3, -0.25) is 14.4 Å². The van der Waals surface area contributed by atoms with Crippen LogP contribution in [0.3, 0.4) is 0 Å². The lowest BCUT2D eigenvalue weighted by Crippen LogP contribution is -2.09. The lowest BCUT2D eigenvalue weighted by molar-refractivity contribution is -0.134. The lowest BCUT2D eigenvalue weighted by atomic mass is 9.86. The zero-order valence-electron chi connectivity index (χ0n) is 34.5. The van der Waals surface area contributed by atoms with Gasteiger partial charge in [0.1, 0.15) is 5.78 Å². The second-order valence-electron chi connectivity index (χ2n) is 13.9. The summed E-state index contributed by atoms with van der Waals surface area (Å²) >= 11 is 0. The van der Waals surface area contributed by atoms with Crippen LogP contribution in [-0.2, 0) is 19.1 Å². The summed E-state index contributed by atoms with van der Waals surface area (Å²) in [5, 5.41) is 7.42. The van der Waals surface area contributed by atoms with Gasteiger partial charge in [0.15, 0.2) is 0 Å². The molecule has 290 valence electrons. The van der Waals surface area contributed by atoms with Crippen LogP contribution in [0.25, 0.3) is 0 Å². The van der Waals surface area contributed by atoms with Gasteiger partial charge in [0.2, 0.25) is 0 Å². The minimum atomic E-state index is -0.833. The van der Waals surface area contributed by atoms with Crippen LogP contribution >= 0.6 is 0 Å². The summed E-state index contributed by atoms with van der Waals surface area (Å²) in [5.41, 5.74) is 3.88. The predicted octanol–water partition coefficient (Wildman–Crippen LogP) is 13.5.